The molecule has 1 aromatic carbocycles. The topological polar surface area (TPSA) is 44.1 Å². The molecule has 2 rings (SSSR count). The van der Waals surface area contributed by atoms with Gasteiger partial charge in [0.1, 0.15) is 6.04 Å². The summed E-state index contributed by atoms with van der Waals surface area (Å²) in [6.45, 7) is 2.11. The highest BCUT2D eigenvalue weighted by Gasteiger charge is 2.26. The number of unbranched alkanes of at least 4 members (excludes halogenated alkanes) is 2. The minimum absolute atomic E-state index is 0.0331. The lowest BCUT2D eigenvalue weighted by atomic mass is 9.96. The summed E-state index contributed by atoms with van der Waals surface area (Å²) < 4.78 is 0. The Morgan fingerprint density at radius 1 is 1.37 bits per heavy atom. The monoisotopic (exact) mass is 254 g/mol. The second kappa shape index (κ2) is 6.19. The fraction of sp³-hybridized carbons (Fsp3) is 0.375. The van der Waals surface area contributed by atoms with Crippen molar-refractivity contribution < 1.29 is 4.79 Å². The predicted octanol–water partition coefficient (Wildman–Crippen LogP) is 3.64. The zero-order valence-corrected chi connectivity index (χ0v) is 11.2. The SMILES string of the molecule is CCCCCC(=O)N1C=Cc2ccccc2C1C#N. The Balaban J connectivity index is 2.16. The molecule has 98 valence electrons. The second-order valence-electron chi connectivity index (χ2n) is 4.73. The largest absolute Gasteiger partial charge is 0.298 e. The molecule has 3 nitrogen and oxygen atoms in total. The van der Waals surface area contributed by atoms with E-state index in [1.165, 1.54) is 0 Å². The van der Waals surface area contributed by atoms with Crippen molar-refractivity contribution in [2.45, 2.75) is 38.6 Å². The molecular weight excluding hydrogens is 236 g/mol. The van der Waals surface area contributed by atoms with Crippen LogP contribution in [0.1, 0.15) is 49.8 Å². The van der Waals surface area contributed by atoms with E-state index in [-0.39, 0.29) is 5.91 Å². The van der Waals surface area contributed by atoms with Gasteiger partial charge in [-0.3, -0.25) is 9.69 Å². The highest BCUT2D eigenvalue weighted by atomic mass is 16.2. The van der Waals surface area contributed by atoms with Crippen LogP contribution in [0.3, 0.4) is 0 Å². The van der Waals surface area contributed by atoms with E-state index in [0.29, 0.717) is 6.42 Å². The quantitative estimate of drug-likeness (QED) is 0.770. The van der Waals surface area contributed by atoms with Crippen LogP contribution in [-0.4, -0.2) is 10.8 Å². The molecular formula is C16H18N2O. The molecule has 1 atom stereocenters. The van der Waals surface area contributed by atoms with E-state index in [9.17, 15) is 10.1 Å². The summed E-state index contributed by atoms with van der Waals surface area (Å²) in [4.78, 5) is 13.7. The van der Waals surface area contributed by atoms with E-state index in [0.717, 1.165) is 30.4 Å². The van der Waals surface area contributed by atoms with Crippen molar-refractivity contribution in [3.63, 3.8) is 0 Å². The first-order chi connectivity index (χ1) is 9.27. The van der Waals surface area contributed by atoms with Crippen LogP contribution in [0.15, 0.2) is 30.5 Å². The van der Waals surface area contributed by atoms with E-state index >= 15 is 0 Å². The van der Waals surface area contributed by atoms with Gasteiger partial charge in [-0.05, 0) is 23.6 Å². The molecule has 0 saturated carbocycles. The molecule has 19 heavy (non-hydrogen) atoms. The summed E-state index contributed by atoms with van der Waals surface area (Å²) in [7, 11) is 0. The molecule has 3 heteroatoms. The van der Waals surface area contributed by atoms with E-state index in [1.54, 1.807) is 11.1 Å². The summed E-state index contributed by atoms with van der Waals surface area (Å²) >= 11 is 0. The van der Waals surface area contributed by atoms with Crippen LogP contribution in [0.5, 0.6) is 0 Å². The van der Waals surface area contributed by atoms with E-state index in [2.05, 4.69) is 13.0 Å². The third-order valence-corrected chi connectivity index (χ3v) is 3.39. The lowest BCUT2D eigenvalue weighted by Crippen LogP contribution is -2.31. The summed E-state index contributed by atoms with van der Waals surface area (Å²) in [6.07, 6.45) is 7.19. The Morgan fingerprint density at radius 3 is 2.89 bits per heavy atom. The normalized spacial score (nSPS) is 16.8. The summed E-state index contributed by atoms with van der Waals surface area (Å²) in [5.41, 5.74) is 1.93. The Kier molecular flexibility index (Phi) is 4.35. The molecule has 1 aromatic rings. The number of hydrogen-bond acceptors (Lipinski definition) is 2. The van der Waals surface area contributed by atoms with Crippen LogP contribution >= 0.6 is 0 Å². The molecule has 1 aliphatic heterocycles. The number of carbonyl (C=O) groups is 1. The van der Waals surface area contributed by atoms with Gasteiger partial charge < -0.3 is 0 Å². The Labute approximate surface area is 114 Å². The molecule has 0 N–H and O–H groups in total. The number of rotatable bonds is 4. The molecule has 1 heterocycles. The molecule has 0 bridgehead atoms. The number of hydrogen-bond donors (Lipinski definition) is 0. The highest BCUT2D eigenvalue weighted by molar-refractivity contribution is 5.80. The number of carbonyl (C=O) groups excluding carboxylic acids is 1. The van der Waals surface area contributed by atoms with Crippen LogP contribution in [0.4, 0.5) is 0 Å². The minimum Gasteiger partial charge on any atom is -0.298 e. The first kappa shape index (κ1) is 13.4. The number of nitrogens with zero attached hydrogens (tertiary/aromatic N) is 2. The van der Waals surface area contributed by atoms with Gasteiger partial charge in [0.05, 0.1) is 6.07 Å². The van der Waals surface area contributed by atoms with Crippen molar-refractivity contribution in [1.29, 1.82) is 5.26 Å². The van der Waals surface area contributed by atoms with Gasteiger partial charge in [0.15, 0.2) is 0 Å². The van der Waals surface area contributed by atoms with Crippen LogP contribution in [0, 0.1) is 11.3 Å². The van der Waals surface area contributed by atoms with Gasteiger partial charge in [-0.25, -0.2) is 0 Å². The molecule has 1 aliphatic rings. The number of benzene rings is 1. The van der Waals surface area contributed by atoms with Crippen molar-refractivity contribution in [3.8, 4) is 6.07 Å². The standard InChI is InChI=1S/C16H18N2O/c1-2-3-4-9-16(19)18-11-10-13-7-5-6-8-14(13)15(18)12-17/h5-8,10-11,15H,2-4,9H2,1H3. The predicted molar refractivity (Wildman–Crippen MR) is 74.8 cm³/mol. The first-order valence-electron chi connectivity index (χ1n) is 6.76. The molecule has 0 aliphatic carbocycles. The Bertz CT molecular complexity index is 528. The lowest BCUT2D eigenvalue weighted by Gasteiger charge is -2.28. The lowest BCUT2D eigenvalue weighted by molar-refractivity contribution is -0.129. The Morgan fingerprint density at radius 2 is 2.16 bits per heavy atom. The smallest absolute Gasteiger partial charge is 0.227 e. The maximum absolute atomic E-state index is 12.2. The van der Waals surface area contributed by atoms with Crippen molar-refractivity contribution >= 4 is 12.0 Å². The zero-order valence-electron chi connectivity index (χ0n) is 11.2. The molecule has 0 spiro atoms. The molecule has 0 saturated heterocycles. The fourth-order valence-corrected chi connectivity index (χ4v) is 2.32. The summed E-state index contributed by atoms with van der Waals surface area (Å²) in [5.74, 6) is 0.0331. The van der Waals surface area contributed by atoms with E-state index in [1.807, 2.05) is 30.3 Å². The van der Waals surface area contributed by atoms with Gasteiger partial charge in [0.2, 0.25) is 5.91 Å². The zero-order chi connectivity index (χ0) is 13.7. The molecule has 1 amide bonds. The number of amides is 1. The van der Waals surface area contributed by atoms with Crippen molar-refractivity contribution in [3.05, 3.63) is 41.6 Å². The molecule has 0 radical (unpaired) electrons. The van der Waals surface area contributed by atoms with Crippen LogP contribution in [0.25, 0.3) is 6.08 Å². The van der Waals surface area contributed by atoms with Gasteiger partial charge in [-0.2, -0.15) is 5.26 Å². The Hall–Kier alpha value is -2.08. The minimum atomic E-state index is -0.490. The highest BCUT2D eigenvalue weighted by Crippen LogP contribution is 2.30. The average Bonchev–Trinajstić information content (AvgIpc) is 2.46. The van der Waals surface area contributed by atoms with Gasteiger partial charge >= 0.3 is 0 Å². The van der Waals surface area contributed by atoms with Crippen molar-refractivity contribution in [2.75, 3.05) is 0 Å². The summed E-state index contributed by atoms with van der Waals surface area (Å²) in [6, 6.07) is 9.47. The van der Waals surface area contributed by atoms with Gasteiger partial charge in [-0.1, -0.05) is 44.0 Å². The molecule has 0 fully saturated rings. The van der Waals surface area contributed by atoms with Gasteiger partial charge in [0.25, 0.3) is 0 Å². The van der Waals surface area contributed by atoms with Crippen LogP contribution in [0.2, 0.25) is 0 Å². The fourth-order valence-electron chi connectivity index (χ4n) is 2.32. The van der Waals surface area contributed by atoms with Crippen LogP contribution < -0.4 is 0 Å². The van der Waals surface area contributed by atoms with Crippen LogP contribution in [-0.2, 0) is 4.79 Å². The maximum Gasteiger partial charge on any atom is 0.227 e. The summed E-state index contributed by atoms with van der Waals surface area (Å²) in [5, 5.41) is 9.35. The number of fused-ring (bicyclic) bond motifs is 1. The third kappa shape index (κ3) is 2.85. The van der Waals surface area contributed by atoms with Gasteiger partial charge in [0, 0.05) is 12.6 Å². The maximum atomic E-state index is 12.2. The first-order valence-corrected chi connectivity index (χ1v) is 6.76. The molecule has 0 aromatic heterocycles. The number of nitriles is 1. The molecule has 1 unspecified atom stereocenters. The van der Waals surface area contributed by atoms with E-state index < -0.39 is 6.04 Å². The van der Waals surface area contributed by atoms with Crippen molar-refractivity contribution in [1.82, 2.24) is 4.90 Å². The van der Waals surface area contributed by atoms with Gasteiger partial charge in [-0.15, -0.1) is 0 Å². The average molecular weight is 254 g/mol. The van der Waals surface area contributed by atoms with Crippen molar-refractivity contribution in [2.24, 2.45) is 0 Å². The third-order valence-electron chi connectivity index (χ3n) is 3.39. The second-order valence-corrected chi connectivity index (χ2v) is 4.73. The van der Waals surface area contributed by atoms with E-state index in [4.69, 9.17) is 0 Å².